The van der Waals surface area contributed by atoms with E-state index in [1.807, 2.05) is 31.2 Å². The second kappa shape index (κ2) is 13.5. The fourth-order valence-corrected chi connectivity index (χ4v) is 17.9. The van der Waals surface area contributed by atoms with Gasteiger partial charge in [-0.1, -0.05) is 74.9 Å². The van der Waals surface area contributed by atoms with Gasteiger partial charge in [0.15, 0.2) is 11.7 Å². The lowest BCUT2D eigenvalue weighted by molar-refractivity contribution is -0.188. The van der Waals surface area contributed by atoms with E-state index in [0.29, 0.717) is 55.2 Å². The molecular weight excluding hydrogens is 819 g/mol. The summed E-state index contributed by atoms with van der Waals surface area (Å²) < 4.78 is 0. The van der Waals surface area contributed by atoms with Crippen LogP contribution in [-0.4, -0.2) is 78.0 Å². The molecule has 65 heavy (non-hydrogen) atoms. The zero-order chi connectivity index (χ0) is 46.1. The normalized spacial score (nSPS) is 48.2. The number of carbonyl (C=O) groups excluding carboxylic acids is 2. The number of nitrogens with zero attached hydrogens (tertiary/aromatic N) is 1. The Morgan fingerprint density at radius 3 is 2.42 bits per heavy atom. The van der Waals surface area contributed by atoms with Gasteiger partial charge in [0.25, 0.3) is 0 Å². The van der Waals surface area contributed by atoms with E-state index in [9.17, 15) is 35.1 Å². The molecule has 4 fully saturated rings. The van der Waals surface area contributed by atoms with Crippen molar-refractivity contribution < 1.29 is 39.9 Å². The minimum atomic E-state index is -1.79. The summed E-state index contributed by atoms with van der Waals surface area (Å²) in [5, 5.41) is 64.0. The number of ketones is 2. The monoisotopic (exact) mass is 881 g/mol. The molecule has 0 aliphatic heterocycles. The Morgan fingerprint density at radius 1 is 0.892 bits per heavy atom. The van der Waals surface area contributed by atoms with Crippen LogP contribution in [0.3, 0.4) is 0 Å². The number of hydrogen-bond acceptors (Lipinski definition) is 8. The molecule has 0 heterocycles. The van der Waals surface area contributed by atoms with Gasteiger partial charge in [0.2, 0.25) is 0 Å². The second-order valence-electron chi connectivity index (χ2n) is 22.6. The number of guanidine groups is 1. The minimum absolute atomic E-state index is 0.0402. The number of aliphatic imine (C=N–C) groups is 1. The van der Waals surface area contributed by atoms with E-state index in [0.717, 1.165) is 17.6 Å². The van der Waals surface area contributed by atoms with Crippen LogP contribution in [0.1, 0.15) is 116 Å². The average molecular weight is 882 g/mol. The highest BCUT2D eigenvalue weighted by atomic mass is 16.4. The first-order valence-electron chi connectivity index (χ1n) is 24.0. The van der Waals surface area contributed by atoms with E-state index in [2.05, 4.69) is 50.0 Å². The number of rotatable bonds is 3. The number of allylic oxidation sites excluding steroid dienone is 2. The summed E-state index contributed by atoms with van der Waals surface area (Å²) in [5.74, 6) is 2.18. The molecule has 0 saturated heterocycles. The average Bonchev–Trinajstić information content (AvgIpc) is 3.41. The third kappa shape index (κ3) is 4.97. The number of nitrogens with two attached hydrogens (primary N) is 2. The topological polar surface area (TPSA) is 217 Å². The lowest BCUT2D eigenvalue weighted by Crippen LogP contribution is -2.73. The van der Waals surface area contributed by atoms with Gasteiger partial charge < -0.3 is 37.0 Å². The van der Waals surface area contributed by atoms with Crippen molar-refractivity contribution in [3.63, 3.8) is 0 Å². The molecule has 2 spiro atoms. The summed E-state index contributed by atoms with van der Waals surface area (Å²) in [4.78, 5) is 48.8. The summed E-state index contributed by atoms with van der Waals surface area (Å²) in [6, 6.07) is 8.30. The first-order valence-corrected chi connectivity index (χ1v) is 24.0. The van der Waals surface area contributed by atoms with Gasteiger partial charge >= 0.3 is 5.97 Å². The molecule has 4 saturated carbocycles. The van der Waals surface area contributed by atoms with Crippen molar-refractivity contribution in [2.24, 2.45) is 73.1 Å². The van der Waals surface area contributed by atoms with Gasteiger partial charge in [0, 0.05) is 69.8 Å². The molecule has 11 heteroatoms. The fraction of sp³-hybridized carbons (Fsp3) is 0.593. The number of Topliss-reactive ketones (excluding diaryl/α,β-unsaturated/α-hetero) is 2. The zero-order valence-electron chi connectivity index (χ0n) is 38.0. The first kappa shape index (κ1) is 43.0. The van der Waals surface area contributed by atoms with E-state index in [1.54, 1.807) is 6.08 Å². The third-order valence-electron chi connectivity index (χ3n) is 20.3. The number of aryl methyl sites for hydroxylation is 1. The molecule has 10 aliphatic carbocycles. The maximum atomic E-state index is 16.6. The highest BCUT2D eigenvalue weighted by molar-refractivity contribution is 6.04. The number of aliphatic hydroxyl groups excluding tert-OH is 2. The van der Waals surface area contributed by atoms with Crippen LogP contribution in [0, 0.1) is 68.5 Å². The highest BCUT2D eigenvalue weighted by Crippen LogP contribution is 2.86. The minimum Gasteiger partial charge on any atom is -0.478 e. The Kier molecular flexibility index (Phi) is 8.95. The number of carboxylic acid groups (broad SMARTS) is 1. The smallest absolute Gasteiger partial charge is 0.331 e. The maximum Gasteiger partial charge on any atom is 0.331 e. The Balaban J connectivity index is 1.25. The molecule has 0 radical (unpaired) electrons. The molecular formula is C54H63N3O8. The Morgan fingerprint density at radius 2 is 1.66 bits per heavy atom. The van der Waals surface area contributed by atoms with Gasteiger partial charge in [-0.05, 0) is 117 Å². The van der Waals surface area contributed by atoms with Crippen LogP contribution in [0.4, 0.5) is 0 Å². The number of benzene rings is 1. The van der Waals surface area contributed by atoms with Gasteiger partial charge in [-0.2, -0.15) is 0 Å². The van der Waals surface area contributed by atoms with Crippen LogP contribution < -0.4 is 11.5 Å². The van der Waals surface area contributed by atoms with Crippen LogP contribution in [0.25, 0.3) is 6.08 Å². The Labute approximate surface area is 380 Å². The molecule has 0 amide bonds. The molecule has 11 rings (SSSR count). The molecule has 0 aromatic heterocycles. The predicted molar refractivity (Wildman–Crippen MR) is 244 cm³/mol. The summed E-state index contributed by atoms with van der Waals surface area (Å²) in [6.45, 7) is 7.80. The molecule has 9 N–H and O–H groups in total. The van der Waals surface area contributed by atoms with Crippen molar-refractivity contribution in [3.05, 3.63) is 87.6 Å². The molecule has 11 nitrogen and oxygen atoms in total. The standard InChI is InChI=1S/C54H63N3O8/c1-29(45(62)63)34-16-21-51(57-46(55)56)23-22-50-28-52(64)24-25-53(65)38(32-13-12-30-10-6-7-11-31(30)26-32)43-47(2)18-8-5-9-19-54(52)44(53)40(48(43,3)20-17-37(47)59)42(61)35(49(50,54)4)15-14-33(58)27-36(50)39(51)41(34)60/h6-7,10-11,22-26,33,35-36,38-39,41,43,58,60,64-65H,9,12-21,27-28H2,1-4H3,(H,62,63)(H4,55,56,57)/b34-29+/t33-,35-,36-,38-,39+,41-,43-,47-,48-,49-,50-,51+,52+,53-,54+/m1/s1. The maximum absolute atomic E-state index is 16.6. The molecule has 1 aromatic carbocycles. The van der Waals surface area contributed by atoms with Crippen molar-refractivity contribution in [2.45, 2.75) is 140 Å². The number of aliphatic hydroxyl groups is 4. The van der Waals surface area contributed by atoms with E-state index in [1.165, 1.54) is 12.5 Å². The largest absolute Gasteiger partial charge is 0.478 e. The van der Waals surface area contributed by atoms with Gasteiger partial charge in [-0.25, -0.2) is 9.79 Å². The first-order chi connectivity index (χ1) is 30.7. The summed E-state index contributed by atoms with van der Waals surface area (Å²) in [5.41, 5.74) is 7.11. The third-order valence-corrected chi connectivity index (χ3v) is 20.3. The molecule has 342 valence electrons. The Bertz CT molecular complexity index is 2640. The van der Waals surface area contributed by atoms with Gasteiger partial charge in [0.05, 0.1) is 23.3 Å². The Hall–Kier alpha value is -4.60. The summed E-state index contributed by atoms with van der Waals surface area (Å²) in [6.07, 6.45) is 12.0. The van der Waals surface area contributed by atoms with E-state index in [4.69, 9.17) is 16.5 Å². The van der Waals surface area contributed by atoms with E-state index >= 15 is 4.79 Å². The van der Waals surface area contributed by atoms with Crippen molar-refractivity contribution in [1.82, 2.24) is 0 Å². The number of aliphatic carboxylic acids is 1. The highest BCUT2D eigenvalue weighted by Gasteiger charge is 2.86. The fourth-order valence-electron chi connectivity index (χ4n) is 17.9. The van der Waals surface area contributed by atoms with E-state index < -0.39 is 91.6 Å². The van der Waals surface area contributed by atoms with E-state index in [-0.39, 0.29) is 61.6 Å². The SMILES string of the molecule is C/C(C(=O)O)=C1/CC[C@]2(N=C(N)N)C=C[C@@]34C[C@@]5(O)C=C[C@]6(O)C7=C8C(=O)[C@@H](CC[C@@H](O)C[C@@H]3[C@H]2[C@@H]1O)[C@@]4(C)[C@]75CCC#CC[C@]1(C)C(=O)CC[C@@]8(C)[C@@H]1[C@H]6C1=Cc2ccccc2CC1. The van der Waals surface area contributed by atoms with Crippen LogP contribution in [0.5, 0.6) is 0 Å². The number of fused-ring (bicyclic) bond motifs is 4. The summed E-state index contributed by atoms with van der Waals surface area (Å²) >= 11 is 0. The quantitative estimate of drug-likeness (QED) is 0.0651. The lowest BCUT2D eigenvalue weighted by Gasteiger charge is -2.72. The van der Waals surface area contributed by atoms with Crippen molar-refractivity contribution in [1.29, 1.82) is 0 Å². The molecule has 4 bridgehead atoms. The van der Waals surface area contributed by atoms with Gasteiger partial charge in [-0.3, -0.25) is 9.59 Å². The molecule has 1 aromatic rings. The van der Waals surface area contributed by atoms with Crippen molar-refractivity contribution in [3.8, 4) is 11.8 Å². The second-order valence-corrected chi connectivity index (χ2v) is 22.6. The van der Waals surface area contributed by atoms with Gasteiger partial charge in [-0.15, -0.1) is 11.8 Å². The summed E-state index contributed by atoms with van der Waals surface area (Å²) in [7, 11) is 0. The predicted octanol–water partition coefficient (Wildman–Crippen LogP) is 5.65. The zero-order valence-corrected chi connectivity index (χ0v) is 38.0. The van der Waals surface area contributed by atoms with Crippen LogP contribution in [0.15, 0.2) is 81.4 Å². The molecule has 10 aliphatic rings. The molecule has 0 unspecified atom stereocenters. The van der Waals surface area contributed by atoms with Gasteiger partial charge in [0.1, 0.15) is 11.4 Å². The number of carboxylic acids is 1. The lowest BCUT2D eigenvalue weighted by atomic mass is 9.31. The number of carbonyl (C=O) groups is 3. The van der Waals surface area contributed by atoms with Crippen LogP contribution >= 0.6 is 0 Å². The number of hydrogen-bond donors (Lipinski definition) is 7. The van der Waals surface area contributed by atoms with Crippen molar-refractivity contribution >= 4 is 29.6 Å². The van der Waals surface area contributed by atoms with Crippen molar-refractivity contribution in [2.75, 3.05) is 0 Å². The molecule has 15 atom stereocenters. The van der Waals surface area contributed by atoms with Crippen LogP contribution in [0.2, 0.25) is 0 Å². The van der Waals surface area contributed by atoms with Crippen LogP contribution in [-0.2, 0) is 20.8 Å².